The summed E-state index contributed by atoms with van der Waals surface area (Å²) in [4.78, 5) is 10.5. The monoisotopic (exact) mass is 431 g/mol. The Morgan fingerprint density at radius 1 is 1.25 bits per heavy atom. The molecule has 5 rings (SSSR count). The Labute approximate surface area is 183 Å². The molecule has 4 aliphatic rings. The molecule has 0 radical (unpaired) electrons. The molecule has 1 aromatic carbocycles. The van der Waals surface area contributed by atoms with Crippen LogP contribution in [0.2, 0.25) is 0 Å². The summed E-state index contributed by atoms with van der Waals surface area (Å²) in [5.41, 5.74) is 2.97. The van der Waals surface area contributed by atoms with Crippen LogP contribution in [-0.4, -0.2) is 29.5 Å². The van der Waals surface area contributed by atoms with Crippen LogP contribution >= 0.6 is 0 Å². The van der Waals surface area contributed by atoms with Gasteiger partial charge < -0.3 is 10.1 Å². The molecule has 0 spiro atoms. The Hall–Kier alpha value is -3.99. The number of fused-ring (bicyclic) bond motifs is 3. The second-order valence-corrected chi connectivity index (χ2v) is 7.66. The van der Waals surface area contributed by atoms with Gasteiger partial charge in [0, 0.05) is 29.8 Å². The number of hydrogen-bond donors (Lipinski definition) is 1. The van der Waals surface area contributed by atoms with Crippen molar-refractivity contribution < 1.29 is 13.5 Å². The topological polar surface area (TPSA) is 73.0 Å². The summed E-state index contributed by atoms with van der Waals surface area (Å²) >= 11 is 0. The van der Waals surface area contributed by atoms with E-state index in [1.807, 2.05) is 6.08 Å². The number of nitrogens with one attached hydrogen (secondary N) is 1. The minimum Gasteiger partial charge on any atom is -0.442 e. The lowest BCUT2D eigenvalue weighted by Crippen LogP contribution is -2.23. The lowest BCUT2D eigenvalue weighted by molar-refractivity contribution is 0.273. The Balaban J connectivity index is 1.55. The van der Waals surface area contributed by atoms with Crippen molar-refractivity contribution in [2.45, 2.75) is 18.8 Å². The van der Waals surface area contributed by atoms with Gasteiger partial charge in [0.05, 0.1) is 18.8 Å². The lowest BCUT2D eigenvalue weighted by Gasteiger charge is -2.23. The summed E-state index contributed by atoms with van der Waals surface area (Å²) in [6.07, 6.45) is 14.1. The van der Waals surface area contributed by atoms with Crippen LogP contribution in [0.5, 0.6) is 0 Å². The van der Waals surface area contributed by atoms with Gasteiger partial charge in [-0.05, 0) is 54.5 Å². The molecule has 1 unspecified atom stereocenters. The van der Waals surface area contributed by atoms with Crippen molar-refractivity contribution >= 4 is 11.5 Å². The van der Waals surface area contributed by atoms with Crippen molar-refractivity contribution in [3.8, 4) is 6.19 Å². The normalized spacial score (nSPS) is 23.0. The molecule has 0 fully saturated rings. The molecule has 1 N–H and O–H groups in total. The van der Waals surface area contributed by atoms with E-state index < -0.39 is 11.6 Å². The number of rotatable bonds is 1. The molecule has 3 aliphatic heterocycles. The van der Waals surface area contributed by atoms with Gasteiger partial charge in [0.1, 0.15) is 23.2 Å². The molecule has 3 heterocycles. The van der Waals surface area contributed by atoms with Gasteiger partial charge in [-0.3, -0.25) is 4.99 Å². The first-order chi connectivity index (χ1) is 15.6. The van der Waals surface area contributed by atoms with Crippen molar-refractivity contribution in [3.05, 3.63) is 94.9 Å². The number of ether oxygens (including phenoxy) is 1. The van der Waals surface area contributed by atoms with Crippen molar-refractivity contribution in [2.75, 3.05) is 13.1 Å². The van der Waals surface area contributed by atoms with Gasteiger partial charge in [-0.25, -0.2) is 18.7 Å². The first kappa shape index (κ1) is 19.9. The van der Waals surface area contributed by atoms with Gasteiger partial charge in [-0.2, -0.15) is 5.26 Å². The van der Waals surface area contributed by atoms with Gasteiger partial charge in [0.25, 0.3) is 0 Å². The highest BCUT2D eigenvalue weighted by atomic mass is 19.1. The fourth-order valence-electron chi connectivity index (χ4n) is 4.18. The zero-order valence-electron chi connectivity index (χ0n) is 17.1. The second kappa shape index (κ2) is 8.27. The Kier molecular flexibility index (Phi) is 5.15. The zero-order valence-corrected chi connectivity index (χ0v) is 17.1. The van der Waals surface area contributed by atoms with Gasteiger partial charge in [-0.1, -0.05) is 6.07 Å². The van der Waals surface area contributed by atoms with Crippen LogP contribution in [0, 0.1) is 23.1 Å². The van der Waals surface area contributed by atoms with Crippen molar-refractivity contribution in [2.24, 2.45) is 9.98 Å². The maximum absolute atomic E-state index is 14.5. The quantitative estimate of drug-likeness (QED) is 0.678. The van der Waals surface area contributed by atoms with Gasteiger partial charge in [0.2, 0.25) is 5.88 Å². The maximum atomic E-state index is 14.5. The molecule has 1 atom stereocenters. The number of amidine groups is 1. The molecular weight excluding hydrogens is 412 g/mol. The smallest absolute Gasteiger partial charge is 0.219 e. The SMILES string of the molecule is N#CN1C=CC2=CC1=NC/C=C/NCC1=NC(=C2)OC2=C1CCC2c1ccc(F)cc1F. The van der Waals surface area contributed by atoms with Crippen LogP contribution in [0.1, 0.15) is 24.3 Å². The van der Waals surface area contributed by atoms with Crippen LogP contribution in [0.4, 0.5) is 8.78 Å². The predicted molar refractivity (Wildman–Crippen MR) is 116 cm³/mol. The largest absolute Gasteiger partial charge is 0.442 e. The molecule has 0 saturated heterocycles. The van der Waals surface area contributed by atoms with Crippen molar-refractivity contribution in [3.63, 3.8) is 0 Å². The Morgan fingerprint density at radius 2 is 2.16 bits per heavy atom. The summed E-state index contributed by atoms with van der Waals surface area (Å²) in [5.74, 6) is 0.0429. The highest BCUT2D eigenvalue weighted by Crippen LogP contribution is 2.44. The summed E-state index contributed by atoms with van der Waals surface area (Å²) in [7, 11) is 0. The second-order valence-electron chi connectivity index (χ2n) is 7.66. The molecule has 4 bridgehead atoms. The van der Waals surface area contributed by atoms with E-state index in [4.69, 9.17) is 9.73 Å². The van der Waals surface area contributed by atoms with Crippen LogP contribution in [0.15, 0.2) is 87.7 Å². The van der Waals surface area contributed by atoms with E-state index in [2.05, 4.69) is 16.5 Å². The standard InChI is InChI=1S/C24H19F2N5O/c25-16-2-3-17(20(26)12-16)18-4-5-19-21-13-28-7-1-8-29-22-10-15(6-9-31(22)14-27)11-23(30-21)32-24(18)19/h1-3,6-7,9-12,18,28H,4-5,8,13H2/b7-1+,23-11?,29-22?. The number of nitriles is 1. The molecule has 1 aromatic rings. The lowest BCUT2D eigenvalue weighted by atomic mass is 9.96. The van der Waals surface area contributed by atoms with E-state index in [0.29, 0.717) is 49.0 Å². The fraction of sp³-hybridized carbons (Fsp3) is 0.208. The predicted octanol–water partition coefficient (Wildman–Crippen LogP) is 4.16. The van der Waals surface area contributed by atoms with Gasteiger partial charge in [-0.15, -0.1) is 0 Å². The number of nitrogens with zero attached hydrogens (tertiary/aromatic N) is 4. The third-order valence-electron chi connectivity index (χ3n) is 5.66. The van der Waals surface area contributed by atoms with Crippen molar-refractivity contribution in [1.29, 1.82) is 5.26 Å². The minimum atomic E-state index is -0.604. The number of halogens is 2. The van der Waals surface area contributed by atoms with Crippen LogP contribution in [0.25, 0.3) is 0 Å². The minimum absolute atomic E-state index is 0.312. The van der Waals surface area contributed by atoms with Crippen LogP contribution in [0.3, 0.4) is 0 Å². The molecule has 0 aromatic heterocycles. The van der Waals surface area contributed by atoms with E-state index >= 15 is 0 Å². The first-order valence-corrected chi connectivity index (χ1v) is 10.3. The molecule has 1 aliphatic carbocycles. The summed E-state index contributed by atoms with van der Waals surface area (Å²) < 4.78 is 34.2. The first-order valence-electron chi connectivity index (χ1n) is 10.3. The zero-order chi connectivity index (χ0) is 22.1. The van der Waals surface area contributed by atoms with E-state index in [9.17, 15) is 14.0 Å². The Bertz CT molecular complexity index is 1230. The third kappa shape index (κ3) is 3.73. The average molecular weight is 431 g/mol. The number of allylic oxidation sites excluding steroid dienone is 4. The molecule has 6 nitrogen and oxygen atoms in total. The molecule has 0 amide bonds. The third-order valence-corrected chi connectivity index (χ3v) is 5.66. The van der Waals surface area contributed by atoms with Gasteiger partial charge >= 0.3 is 0 Å². The molecule has 32 heavy (non-hydrogen) atoms. The maximum Gasteiger partial charge on any atom is 0.219 e. The van der Waals surface area contributed by atoms with E-state index in [0.717, 1.165) is 22.9 Å². The van der Waals surface area contributed by atoms with Gasteiger partial charge in [0.15, 0.2) is 6.19 Å². The Morgan fingerprint density at radius 3 is 3.00 bits per heavy atom. The number of hydrogen-bond acceptors (Lipinski definition) is 6. The van der Waals surface area contributed by atoms with E-state index in [-0.39, 0.29) is 5.92 Å². The number of benzene rings is 1. The summed E-state index contributed by atoms with van der Waals surface area (Å²) in [5, 5.41) is 12.5. The fourth-order valence-corrected chi connectivity index (χ4v) is 4.18. The van der Waals surface area contributed by atoms with Crippen molar-refractivity contribution in [1.82, 2.24) is 10.2 Å². The van der Waals surface area contributed by atoms with E-state index in [1.54, 1.807) is 30.6 Å². The highest BCUT2D eigenvalue weighted by molar-refractivity contribution is 6.04. The summed E-state index contributed by atoms with van der Waals surface area (Å²) in [6, 6.07) is 3.66. The molecule has 8 heteroatoms. The van der Waals surface area contributed by atoms with E-state index in [1.165, 1.54) is 17.0 Å². The van der Waals surface area contributed by atoms with Crippen LogP contribution in [-0.2, 0) is 4.74 Å². The summed E-state index contributed by atoms with van der Waals surface area (Å²) in [6.45, 7) is 0.891. The average Bonchev–Trinajstić information content (AvgIpc) is 3.20. The molecule has 160 valence electrons. The molecular formula is C24H19F2N5O. The van der Waals surface area contributed by atoms with Crippen LogP contribution < -0.4 is 5.32 Å². The molecule has 0 saturated carbocycles. The highest BCUT2D eigenvalue weighted by Gasteiger charge is 2.35. The number of aliphatic imine (C=N–C) groups is 2.